The van der Waals surface area contributed by atoms with Gasteiger partial charge < -0.3 is 10.2 Å². The number of carbonyl (C=O) groups excluding carboxylic acids is 1. The Labute approximate surface area is 96.0 Å². The first-order chi connectivity index (χ1) is 7.24. The van der Waals surface area contributed by atoms with Gasteiger partial charge in [0.15, 0.2) is 0 Å². The lowest BCUT2D eigenvalue weighted by atomic mass is 10.0. The fourth-order valence-electron chi connectivity index (χ4n) is 2.57. The maximum atomic E-state index is 12.3. The summed E-state index contributed by atoms with van der Waals surface area (Å²) in [5, 5.41) is 3.59. The maximum absolute atomic E-state index is 12.3. The zero-order valence-electron chi connectivity index (χ0n) is 9.53. The van der Waals surface area contributed by atoms with Crippen LogP contribution in [-0.2, 0) is 4.79 Å². The van der Waals surface area contributed by atoms with Crippen LogP contribution in [0.15, 0.2) is 0 Å². The summed E-state index contributed by atoms with van der Waals surface area (Å²) in [6, 6.07) is 0.473. The van der Waals surface area contributed by atoms with Gasteiger partial charge in [-0.3, -0.25) is 4.79 Å². The highest BCUT2D eigenvalue weighted by atomic mass is 32.2. The normalized spacial score (nSPS) is 37.3. The zero-order chi connectivity index (χ0) is 10.8. The molecule has 0 radical (unpaired) electrons. The van der Waals surface area contributed by atoms with Crippen LogP contribution in [0.3, 0.4) is 0 Å². The van der Waals surface area contributed by atoms with E-state index in [1.54, 1.807) is 0 Å². The average molecular weight is 228 g/mol. The molecule has 2 aliphatic rings. The molecule has 0 bridgehead atoms. The van der Waals surface area contributed by atoms with E-state index in [0.717, 1.165) is 12.2 Å². The van der Waals surface area contributed by atoms with Gasteiger partial charge in [0.2, 0.25) is 5.91 Å². The first kappa shape index (κ1) is 11.3. The second-order valence-corrected chi connectivity index (χ2v) is 5.77. The van der Waals surface area contributed by atoms with Gasteiger partial charge in [0.25, 0.3) is 0 Å². The van der Waals surface area contributed by atoms with E-state index in [4.69, 9.17) is 0 Å². The molecule has 15 heavy (non-hydrogen) atoms. The van der Waals surface area contributed by atoms with Crippen LogP contribution in [0.5, 0.6) is 0 Å². The molecule has 0 aromatic rings. The van der Waals surface area contributed by atoms with E-state index >= 15 is 0 Å². The van der Waals surface area contributed by atoms with Crippen molar-refractivity contribution in [3.05, 3.63) is 0 Å². The van der Waals surface area contributed by atoms with Crippen LogP contribution in [0.4, 0.5) is 0 Å². The second kappa shape index (κ2) is 4.74. The van der Waals surface area contributed by atoms with Gasteiger partial charge >= 0.3 is 0 Å². The van der Waals surface area contributed by atoms with Crippen molar-refractivity contribution in [3.8, 4) is 0 Å². The highest BCUT2D eigenvalue weighted by molar-refractivity contribution is 7.99. The summed E-state index contributed by atoms with van der Waals surface area (Å²) in [6.07, 6.45) is 4.59. The molecule has 0 aromatic heterocycles. The van der Waals surface area contributed by atoms with Crippen molar-refractivity contribution >= 4 is 17.7 Å². The predicted molar refractivity (Wildman–Crippen MR) is 63.9 cm³/mol. The number of nitrogens with zero attached hydrogens (tertiary/aromatic N) is 1. The van der Waals surface area contributed by atoms with Crippen LogP contribution in [0, 0.1) is 0 Å². The molecule has 2 rings (SSSR count). The van der Waals surface area contributed by atoms with Gasteiger partial charge in [-0.1, -0.05) is 0 Å². The van der Waals surface area contributed by atoms with Crippen molar-refractivity contribution in [1.29, 1.82) is 0 Å². The van der Waals surface area contributed by atoms with Crippen molar-refractivity contribution in [3.63, 3.8) is 0 Å². The summed E-state index contributed by atoms with van der Waals surface area (Å²) in [5.41, 5.74) is 0. The van der Waals surface area contributed by atoms with Crippen molar-refractivity contribution in [1.82, 2.24) is 10.2 Å². The molecule has 3 atom stereocenters. The third-order valence-electron chi connectivity index (χ3n) is 3.48. The molecular weight excluding hydrogens is 208 g/mol. The third-order valence-corrected chi connectivity index (χ3v) is 4.79. The molecule has 1 N–H and O–H groups in total. The number of nitrogens with one attached hydrogen (secondary N) is 1. The van der Waals surface area contributed by atoms with Gasteiger partial charge in [-0.2, -0.15) is 0 Å². The number of hydrogen-bond acceptors (Lipinski definition) is 3. The lowest BCUT2D eigenvalue weighted by Crippen LogP contribution is -2.52. The molecule has 0 saturated carbocycles. The molecule has 2 heterocycles. The Morgan fingerprint density at radius 1 is 1.40 bits per heavy atom. The van der Waals surface area contributed by atoms with Crippen LogP contribution < -0.4 is 5.32 Å². The van der Waals surface area contributed by atoms with Crippen LogP contribution in [0.25, 0.3) is 0 Å². The molecule has 0 spiro atoms. The van der Waals surface area contributed by atoms with Crippen molar-refractivity contribution < 1.29 is 4.79 Å². The minimum absolute atomic E-state index is 0.0445. The molecule has 4 heteroatoms. The first-order valence-electron chi connectivity index (χ1n) is 5.85. The summed E-state index contributed by atoms with van der Waals surface area (Å²) in [7, 11) is 1.89. The predicted octanol–water partition coefficient (Wildman–Crippen LogP) is 1.44. The molecule has 0 aromatic carbocycles. The molecule has 3 unspecified atom stereocenters. The SMILES string of the molecule is CNC1CCSC2CCCC(C)N2C1=O. The van der Waals surface area contributed by atoms with E-state index in [1.807, 2.05) is 18.8 Å². The molecular formula is C11H20N2OS. The van der Waals surface area contributed by atoms with E-state index in [0.29, 0.717) is 17.3 Å². The fraction of sp³-hybridized carbons (Fsp3) is 0.909. The molecule has 2 fully saturated rings. The summed E-state index contributed by atoms with van der Waals surface area (Å²) in [4.78, 5) is 14.4. The van der Waals surface area contributed by atoms with Crippen LogP contribution in [0.1, 0.15) is 32.6 Å². The molecule has 3 nitrogen and oxygen atoms in total. The number of amides is 1. The Kier molecular flexibility index (Phi) is 3.57. The van der Waals surface area contributed by atoms with Crippen LogP contribution >= 0.6 is 11.8 Å². The average Bonchev–Trinajstić information content (AvgIpc) is 2.39. The summed E-state index contributed by atoms with van der Waals surface area (Å²) in [5.74, 6) is 1.42. The van der Waals surface area contributed by atoms with Crippen molar-refractivity contribution in [2.75, 3.05) is 12.8 Å². The lowest BCUT2D eigenvalue weighted by Gasteiger charge is -2.40. The van der Waals surface area contributed by atoms with Gasteiger partial charge in [-0.05, 0) is 45.4 Å². The van der Waals surface area contributed by atoms with Crippen molar-refractivity contribution in [2.24, 2.45) is 0 Å². The van der Waals surface area contributed by atoms with E-state index in [9.17, 15) is 4.79 Å². The smallest absolute Gasteiger partial charge is 0.240 e. The molecule has 2 aliphatic heterocycles. The number of hydrogen-bond donors (Lipinski definition) is 1. The second-order valence-electron chi connectivity index (χ2n) is 4.48. The quantitative estimate of drug-likeness (QED) is 0.737. The highest BCUT2D eigenvalue weighted by Crippen LogP contribution is 2.33. The summed E-state index contributed by atoms with van der Waals surface area (Å²) < 4.78 is 0. The number of rotatable bonds is 1. The fourth-order valence-corrected chi connectivity index (χ4v) is 4.02. The van der Waals surface area contributed by atoms with Gasteiger partial charge in [-0.15, -0.1) is 11.8 Å². The number of piperidine rings is 1. The Balaban J connectivity index is 2.16. The lowest BCUT2D eigenvalue weighted by molar-refractivity contribution is -0.137. The van der Waals surface area contributed by atoms with Gasteiger partial charge in [0.1, 0.15) is 0 Å². The van der Waals surface area contributed by atoms with Crippen LogP contribution in [0.2, 0.25) is 0 Å². The molecule has 86 valence electrons. The standard InChI is InChI=1S/C11H20N2OS/c1-8-4-3-5-10-13(8)11(14)9(12-2)6-7-15-10/h8-10,12H,3-7H2,1-2H3. The number of thioether (sulfide) groups is 1. The van der Waals surface area contributed by atoms with Gasteiger partial charge in [0, 0.05) is 6.04 Å². The van der Waals surface area contributed by atoms with E-state index < -0.39 is 0 Å². The topological polar surface area (TPSA) is 32.3 Å². The minimum Gasteiger partial charge on any atom is -0.327 e. The largest absolute Gasteiger partial charge is 0.327 e. The van der Waals surface area contributed by atoms with Gasteiger partial charge in [-0.25, -0.2) is 0 Å². The van der Waals surface area contributed by atoms with E-state index in [-0.39, 0.29) is 6.04 Å². The minimum atomic E-state index is 0.0445. The summed E-state index contributed by atoms with van der Waals surface area (Å²) in [6.45, 7) is 2.18. The number of likely N-dealkylation sites (N-methyl/N-ethyl adjacent to an activating group) is 1. The Bertz CT molecular complexity index is 247. The third kappa shape index (κ3) is 2.16. The molecule has 0 aliphatic carbocycles. The monoisotopic (exact) mass is 228 g/mol. The van der Waals surface area contributed by atoms with E-state index in [2.05, 4.69) is 17.1 Å². The Morgan fingerprint density at radius 3 is 2.93 bits per heavy atom. The number of fused-ring (bicyclic) bond motifs is 1. The highest BCUT2D eigenvalue weighted by Gasteiger charge is 2.37. The van der Waals surface area contributed by atoms with E-state index in [1.165, 1.54) is 19.3 Å². The van der Waals surface area contributed by atoms with Crippen LogP contribution in [-0.4, -0.2) is 41.1 Å². The molecule has 2 saturated heterocycles. The van der Waals surface area contributed by atoms with Gasteiger partial charge in [0.05, 0.1) is 11.4 Å². The Morgan fingerprint density at radius 2 is 2.20 bits per heavy atom. The zero-order valence-corrected chi connectivity index (χ0v) is 10.3. The number of carbonyl (C=O) groups is 1. The Hall–Kier alpha value is -0.220. The van der Waals surface area contributed by atoms with Crippen molar-refractivity contribution in [2.45, 2.75) is 50.1 Å². The maximum Gasteiger partial charge on any atom is 0.240 e. The first-order valence-corrected chi connectivity index (χ1v) is 6.90. The summed E-state index contributed by atoms with van der Waals surface area (Å²) >= 11 is 1.96. The molecule has 1 amide bonds.